The number of aryl methyl sites for hydroxylation is 6. The van der Waals surface area contributed by atoms with Gasteiger partial charge in [-0.2, -0.15) is 5.26 Å². The summed E-state index contributed by atoms with van der Waals surface area (Å²) in [4.78, 5) is 13.2. The fraction of sp³-hybridized carbons (Fsp3) is 0.115. The molecule has 0 fully saturated rings. The number of nitriles is 1. The smallest absolute Gasteiger partial charge is 0.501 e. The molecular weight excluding hydrogens is 889 g/mol. The molecule has 9 rings (SSSR count). The van der Waals surface area contributed by atoms with Gasteiger partial charge in [0.15, 0.2) is 0 Å². The average Bonchev–Trinajstić information content (AvgIpc) is 3.76. The Balaban J connectivity index is 0.00000676. The van der Waals surface area contributed by atoms with Gasteiger partial charge in [0.2, 0.25) is 0 Å². The maximum absolute atomic E-state index is 9.48. The van der Waals surface area contributed by atoms with Crippen LogP contribution in [-0.2, 0) is 58.3 Å². The molecule has 0 spiro atoms. The molecule has 0 saturated carbocycles. The number of rotatable bonds is 12. The molecule has 6 heteroatoms. The fourth-order valence-corrected chi connectivity index (χ4v) is 6.18. The second kappa shape index (κ2) is 17.7. The summed E-state index contributed by atoms with van der Waals surface area (Å²) in [5, 5.41) is 10.7. The normalized spacial score (nSPS) is 15.8. The zero-order valence-corrected chi connectivity index (χ0v) is 32.8. The summed E-state index contributed by atoms with van der Waals surface area (Å²) < 4.78 is 126. The third-order valence-corrected chi connectivity index (χ3v) is 8.98. The summed E-state index contributed by atoms with van der Waals surface area (Å²) in [5.41, 5.74) is 0.772. The van der Waals surface area contributed by atoms with E-state index in [4.69, 9.17) is 5.79 Å². The van der Waals surface area contributed by atoms with Gasteiger partial charge in [0.25, 0.3) is 0 Å². The summed E-state index contributed by atoms with van der Waals surface area (Å²) >= 11 is 0. The van der Waals surface area contributed by atoms with Crippen molar-refractivity contribution in [1.29, 1.82) is 5.26 Å². The minimum Gasteiger partial charge on any atom is -0.501 e. The Kier molecular flexibility index (Phi) is 7.86. The van der Waals surface area contributed by atoms with E-state index >= 15 is 0 Å². The number of nitrogens with zero attached hydrogens (tertiary/aromatic N) is 4. The predicted octanol–water partition coefficient (Wildman–Crippen LogP) is 11.4. The largest absolute Gasteiger partial charge is 3.00 e. The zero-order chi connectivity index (χ0) is 50.0. The van der Waals surface area contributed by atoms with Crippen molar-refractivity contribution in [2.45, 2.75) is 38.2 Å². The molecule has 0 radical (unpaired) electrons. The van der Waals surface area contributed by atoms with Gasteiger partial charge >= 0.3 is 20.1 Å². The van der Waals surface area contributed by atoms with Crippen LogP contribution < -0.4 is 0 Å². The summed E-state index contributed by atoms with van der Waals surface area (Å²) in [6.45, 7) is 0. The van der Waals surface area contributed by atoms with Gasteiger partial charge in [-0.25, -0.2) is 0 Å². The van der Waals surface area contributed by atoms with E-state index in [0.29, 0.717) is 44.4 Å². The average molecular weight is 939 g/mol. The Morgan fingerprint density at radius 2 is 1.07 bits per heavy atom. The Morgan fingerprint density at radius 3 is 1.53 bits per heavy atom. The van der Waals surface area contributed by atoms with E-state index < -0.39 is 54.9 Å². The zero-order valence-electron chi connectivity index (χ0n) is 43.4. The summed E-state index contributed by atoms with van der Waals surface area (Å²) in [6, 6.07) is 42.8. The minimum atomic E-state index is -3.15. The van der Waals surface area contributed by atoms with E-state index in [1.54, 1.807) is 66.7 Å². The quantitative estimate of drug-likeness (QED) is 0.114. The van der Waals surface area contributed by atoms with Crippen LogP contribution in [0, 0.1) is 29.5 Å². The first-order chi connectivity index (χ1) is 33.1. The number of fused-ring (bicyclic) bond motifs is 3. The number of hydrogen-bond acceptors (Lipinski definition) is 5. The Bertz CT molecular complexity index is 3330. The van der Waals surface area contributed by atoms with E-state index in [0.717, 1.165) is 24.4 Å². The Labute approximate surface area is 370 Å². The van der Waals surface area contributed by atoms with Gasteiger partial charge in [-0.15, -0.1) is 90.0 Å². The second-order valence-corrected chi connectivity index (χ2v) is 12.8. The number of aromatic nitrogens is 3. The molecule has 0 aliphatic carbocycles. The standard InChI is InChI=1S/C52H37N4O.Ir/c53-32-42-20-24-45-46-12-7-13-47(52(46)57-51(45)31-42)50-27-23-38(35-56-50)16-19-41-29-39(17-14-36-21-25-48(54-33-36)43-8-3-1-4-9-43)28-40(30-41)18-15-37-22-26-49(55-34-37)44-10-5-2-6-11-44;/h1-8,10,12,20-31,33-35H,14-19H2;/q-3;+3/i14D2,15D2,16D2,17D2,18D2,19D2,31D;. The molecule has 280 valence electrons. The molecule has 4 aromatic heterocycles. The van der Waals surface area contributed by atoms with Gasteiger partial charge < -0.3 is 19.4 Å². The van der Waals surface area contributed by atoms with Crippen molar-refractivity contribution in [1.82, 2.24) is 15.0 Å². The third-order valence-electron chi connectivity index (χ3n) is 8.98. The predicted molar refractivity (Wildman–Crippen MR) is 226 cm³/mol. The van der Waals surface area contributed by atoms with Crippen molar-refractivity contribution >= 4 is 21.9 Å². The molecule has 4 heterocycles. The molecule has 5 aromatic carbocycles. The van der Waals surface area contributed by atoms with E-state index in [1.807, 2.05) is 6.07 Å². The van der Waals surface area contributed by atoms with Crippen LogP contribution in [0.2, 0.25) is 0 Å². The molecule has 0 atom stereocenters. The first-order valence-corrected chi connectivity index (χ1v) is 17.9. The van der Waals surface area contributed by atoms with Gasteiger partial charge in [0, 0.05) is 40.4 Å². The van der Waals surface area contributed by atoms with Crippen LogP contribution in [-0.4, -0.2) is 15.0 Å². The molecule has 0 unspecified atom stereocenters. The summed E-state index contributed by atoms with van der Waals surface area (Å²) in [7, 11) is 0. The SMILES string of the molecule is [2H]c1c(C#N)ccc2c1oc1c(-c3ccc(C([2H])([2H])C([2H])([2H])c4cc(C([2H])([2H])C([2H])([2H])c5ccc(-c6[c-]cccc6)nc5)cc(C([2H])([2H])C([2H])([2H])c5ccc(-c6[c-]cccc6)nc5)c4)cn3)[c-]ccc12.[Ir+3]. The topological polar surface area (TPSA) is 75.6 Å². The van der Waals surface area contributed by atoms with Crippen molar-refractivity contribution in [2.24, 2.45) is 0 Å². The van der Waals surface area contributed by atoms with E-state index in [9.17, 15) is 21.7 Å². The Hall–Kier alpha value is -6.51. The third kappa shape index (κ3) is 8.72. The van der Waals surface area contributed by atoms with Crippen LogP contribution in [0.1, 0.15) is 56.8 Å². The molecule has 0 amide bonds. The van der Waals surface area contributed by atoms with Crippen LogP contribution in [0.4, 0.5) is 0 Å². The molecule has 0 aliphatic rings. The molecule has 5 nitrogen and oxygen atoms in total. The van der Waals surface area contributed by atoms with Gasteiger partial charge in [-0.05, 0) is 101 Å². The van der Waals surface area contributed by atoms with Crippen LogP contribution in [0.3, 0.4) is 0 Å². The monoisotopic (exact) mass is 939 g/mol. The number of furan rings is 1. The van der Waals surface area contributed by atoms with Crippen molar-refractivity contribution in [3.8, 4) is 39.8 Å². The molecule has 0 N–H and O–H groups in total. The Morgan fingerprint density at radius 1 is 0.552 bits per heavy atom. The first kappa shape index (κ1) is 25.7. The van der Waals surface area contributed by atoms with Crippen molar-refractivity contribution in [3.05, 3.63) is 209 Å². The van der Waals surface area contributed by atoms with Crippen molar-refractivity contribution in [3.63, 3.8) is 0 Å². The molecule has 0 aliphatic heterocycles. The molecule has 58 heavy (non-hydrogen) atoms. The van der Waals surface area contributed by atoms with E-state index in [-0.39, 0.29) is 59.7 Å². The van der Waals surface area contributed by atoms with E-state index in [2.05, 4.69) is 33.2 Å². The van der Waals surface area contributed by atoms with Gasteiger partial charge in [-0.1, -0.05) is 71.6 Å². The number of hydrogen-bond donors (Lipinski definition) is 0. The molecule has 0 saturated heterocycles. The maximum Gasteiger partial charge on any atom is 3.00 e. The van der Waals surface area contributed by atoms with Crippen LogP contribution in [0.15, 0.2) is 156 Å². The van der Waals surface area contributed by atoms with Crippen LogP contribution >= 0.6 is 0 Å². The van der Waals surface area contributed by atoms with E-state index in [1.165, 1.54) is 54.9 Å². The fourth-order valence-electron chi connectivity index (χ4n) is 6.18. The van der Waals surface area contributed by atoms with Gasteiger partial charge in [0.05, 0.1) is 18.6 Å². The van der Waals surface area contributed by atoms with Crippen molar-refractivity contribution in [2.75, 3.05) is 0 Å². The summed E-state index contributed by atoms with van der Waals surface area (Å²) in [5.74, 6) is 0. The summed E-state index contributed by atoms with van der Waals surface area (Å²) in [6.07, 6.45) is -14.8. The second-order valence-electron chi connectivity index (χ2n) is 12.8. The molecular formula is C52H37IrN4O. The van der Waals surface area contributed by atoms with Crippen molar-refractivity contribution < 1.29 is 42.3 Å². The molecule has 0 bridgehead atoms. The van der Waals surface area contributed by atoms with Crippen LogP contribution in [0.25, 0.3) is 55.7 Å². The minimum absolute atomic E-state index is 0. The number of pyridine rings is 3. The molecule has 9 aromatic rings. The van der Waals surface area contributed by atoms with Gasteiger partial charge in [-0.3, -0.25) is 0 Å². The van der Waals surface area contributed by atoms with Gasteiger partial charge in [0.1, 0.15) is 5.58 Å². The first-order valence-electron chi connectivity index (χ1n) is 24.4. The van der Waals surface area contributed by atoms with Crippen LogP contribution in [0.5, 0.6) is 0 Å². The number of benzene rings is 5. The maximum atomic E-state index is 9.48.